The maximum Gasteiger partial charge on any atom is 0.127 e. The number of ether oxygens (including phenoxy) is 1. The van der Waals surface area contributed by atoms with Crippen LogP contribution in [-0.4, -0.2) is 34.5 Å². The average Bonchev–Trinajstić information content (AvgIpc) is 2.53. The van der Waals surface area contributed by atoms with Gasteiger partial charge in [-0.2, -0.15) is 0 Å². The maximum atomic E-state index is 9.58. The van der Waals surface area contributed by atoms with Crippen LogP contribution in [0, 0.1) is 0 Å². The summed E-state index contributed by atoms with van der Waals surface area (Å²) in [7, 11) is 1.69. The number of aromatic nitrogens is 2. The van der Waals surface area contributed by atoms with E-state index in [-0.39, 0.29) is 6.10 Å². The second-order valence-corrected chi connectivity index (χ2v) is 4.56. The second kappa shape index (κ2) is 4.63. The van der Waals surface area contributed by atoms with Gasteiger partial charge in [0.15, 0.2) is 0 Å². The fraction of sp³-hybridized carbons (Fsp3) is 0.700. The van der Waals surface area contributed by atoms with Gasteiger partial charge in [-0.3, -0.25) is 0 Å². The minimum absolute atomic E-state index is 0.222. The van der Waals surface area contributed by atoms with Gasteiger partial charge in [-0.15, -0.1) is 0 Å². The van der Waals surface area contributed by atoms with Crippen molar-refractivity contribution in [2.24, 2.45) is 0 Å². The number of halogens is 1. The first-order chi connectivity index (χ1) is 7.22. The van der Waals surface area contributed by atoms with Crippen molar-refractivity contribution >= 4 is 15.9 Å². The molecule has 15 heavy (non-hydrogen) atoms. The molecular weight excluding hydrogens is 260 g/mol. The van der Waals surface area contributed by atoms with Crippen LogP contribution in [0.3, 0.4) is 0 Å². The highest BCUT2D eigenvalue weighted by molar-refractivity contribution is 9.10. The van der Waals surface area contributed by atoms with Crippen LogP contribution in [0.2, 0.25) is 0 Å². The molecule has 0 radical (unpaired) electrons. The van der Waals surface area contributed by atoms with Crippen molar-refractivity contribution in [1.29, 1.82) is 0 Å². The van der Waals surface area contributed by atoms with Gasteiger partial charge in [-0.1, -0.05) is 0 Å². The normalized spacial score (nSPS) is 20.3. The fourth-order valence-corrected chi connectivity index (χ4v) is 2.53. The number of fused-ring (bicyclic) bond motifs is 1. The predicted octanol–water partition coefficient (Wildman–Crippen LogP) is 1.14. The lowest BCUT2D eigenvalue weighted by atomic mass is 10.1. The molecule has 5 heteroatoms. The number of imidazole rings is 1. The number of hydrogen-bond donors (Lipinski definition) is 1. The summed E-state index contributed by atoms with van der Waals surface area (Å²) in [6, 6.07) is 0. The molecule has 2 heterocycles. The molecule has 1 aliphatic rings. The SMILES string of the molecule is COCCc1nc(Br)c2n1CCC(O)C2. The van der Waals surface area contributed by atoms with Crippen LogP contribution in [0.5, 0.6) is 0 Å². The smallest absolute Gasteiger partial charge is 0.127 e. The van der Waals surface area contributed by atoms with Crippen LogP contribution in [0.25, 0.3) is 0 Å². The lowest BCUT2D eigenvalue weighted by molar-refractivity contribution is 0.141. The number of aliphatic hydroxyl groups excluding tert-OH is 1. The molecule has 1 atom stereocenters. The summed E-state index contributed by atoms with van der Waals surface area (Å²) in [5.74, 6) is 1.05. The predicted molar refractivity (Wildman–Crippen MR) is 59.8 cm³/mol. The molecule has 2 rings (SSSR count). The van der Waals surface area contributed by atoms with E-state index in [0.29, 0.717) is 13.0 Å². The molecule has 84 valence electrons. The highest BCUT2D eigenvalue weighted by atomic mass is 79.9. The first-order valence-corrected chi connectivity index (χ1v) is 5.92. The third kappa shape index (κ3) is 2.24. The first kappa shape index (κ1) is 11.1. The second-order valence-electron chi connectivity index (χ2n) is 3.81. The van der Waals surface area contributed by atoms with E-state index in [1.54, 1.807) is 7.11 Å². The van der Waals surface area contributed by atoms with Crippen LogP contribution in [-0.2, 0) is 24.1 Å². The van der Waals surface area contributed by atoms with Crippen LogP contribution in [0.1, 0.15) is 17.9 Å². The summed E-state index contributed by atoms with van der Waals surface area (Å²) in [4.78, 5) is 4.45. The van der Waals surface area contributed by atoms with E-state index in [0.717, 1.165) is 35.5 Å². The maximum absolute atomic E-state index is 9.58. The number of rotatable bonds is 3. The zero-order chi connectivity index (χ0) is 10.8. The van der Waals surface area contributed by atoms with Crippen molar-refractivity contribution in [2.45, 2.75) is 31.9 Å². The Labute approximate surface area is 97.4 Å². The highest BCUT2D eigenvalue weighted by Gasteiger charge is 2.22. The molecule has 4 nitrogen and oxygen atoms in total. The molecule has 1 unspecified atom stereocenters. The third-order valence-electron chi connectivity index (χ3n) is 2.75. The molecule has 0 aliphatic carbocycles. The van der Waals surface area contributed by atoms with Crippen molar-refractivity contribution in [3.05, 3.63) is 16.1 Å². The highest BCUT2D eigenvalue weighted by Crippen LogP contribution is 2.25. The molecule has 0 aromatic carbocycles. The molecule has 0 fully saturated rings. The Kier molecular flexibility index (Phi) is 3.43. The molecule has 0 bridgehead atoms. The molecular formula is C10H15BrN2O2. The van der Waals surface area contributed by atoms with E-state index >= 15 is 0 Å². The Balaban J connectivity index is 2.23. The first-order valence-electron chi connectivity index (χ1n) is 5.13. The van der Waals surface area contributed by atoms with Crippen molar-refractivity contribution in [3.8, 4) is 0 Å². The summed E-state index contributed by atoms with van der Waals surface area (Å²) in [5, 5.41) is 9.58. The summed E-state index contributed by atoms with van der Waals surface area (Å²) in [5.41, 5.74) is 1.11. The van der Waals surface area contributed by atoms with Crippen LogP contribution in [0.15, 0.2) is 4.60 Å². The Bertz CT molecular complexity index is 351. The topological polar surface area (TPSA) is 47.3 Å². The van der Waals surface area contributed by atoms with Crippen LogP contribution in [0.4, 0.5) is 0 Å². The Morgan fingerprint density at radius 1 is 1.67 bits per heavy atom. The van der Waals surface area contributed by atoms with Crippen molar-refractivity contribution in [1.82, 2.24) is 9.55 Å². The molecule has 1 N–H and O–H groups in total. The van der Waals surface area contributed by atoms with Gasteiger partial charge in [0.2, 0.25) is 0 Å². The van der Waals surface area contributed by atoms with E-state index in [2.05, 4.69) is 25.5 Å². The van der Waals surface area contributed by atoms with E-state index < -0.39 is 0 Å². The molecule has 0 amide bonds. The number of hydrogen-bond acceptors (Lipinski definition) is 3. The Morgan fingerprint density at radius 2 is 2.47 bits per heavy atom. The standard InChI is InChI=1S/C10H15BrN2O2/c1-15-5-3-9-12-10(11)8-6-7(14)2-4-13(8)9/h7,14H,2-6H2,1H3. The zero-order valence-corrected chi connectivity index (χ0v) is 10.3. The lowest BCUT2D eigenvalue weighted by Crippen LogP contribution is -2.24. The summed E-state index contributed by atoms with van der Waals surface area (Å²) in [6.45, 7) is 1.54. The van der Waals surface area contributed by atoms with E-state index in [1.807, 2.05) is 0 Å². The van der Waals surface area contributed by atoms with E-state index in [1.165, 1.54) is 0 Å². The molecule has 0 spiro atoms. The van der Waals surface area contributed by atoms with E-state index in [9.17, 15) is 5.11 Å². The van der Waals surface area contributed by atoms with Gasteiger partial charge in [0, 0.05) is 26.5 Å². The van der Waals surface area contributed by atoms with Crippen molar-refractivity contribution < 1.29 is 9.84 Å². The number of methoxy groups -OCH3 is 1. The van der Waals surface area contributed by atoms with Gasteiger partial charge in [0.25, 0.3) is 0 Å². The quantitative estimate of drug-likeness (QED) is 0.900. The minimum Gasteiger partial charge on any atom is -0.393 e. The Hall–Kier alpha value is -0.390. The van der Waals surface area contributed by atoms with Gasteiger partial charge < -0.3 is 14.4 Å². The summed E-state index contributed by atoms with van der Waals surface area (Å²) in [6.07, 6.45) is 2.11. The van der Waals surface area contributed by atoms with Gasteiger partial charge in [0.1, 0.15) is 10.4 Å². The summed E-state index contributed by atoms with van der Waals surface area (Å²) < 4.78 is 8.11. The zero-order valence-electron chi connectivity index (χ0n) is 8.74. The van der Waals surface area contributed by atoms with Crippen molar-refractivity contribution in [3.63, 3.8) is 0 Å². The van der Waals surface area contributed by atoms with Crippen LogP contribution >= 0.6 is 15.9 Å². The number of nitrogens with zero attached hydrogens (tertiary/aromatic N) is 2. The average molecular weight is 275 g/mol. The summed E-state index contributed by atoms with van der Waals surface area (Å²) >= 11 is 3.44. The fourth-order valence-electron chi connectivity index (χ4n) is 1.95. The largest absolute Gasteiger partial charge is 0.393 e. The molecule has 1 aromatic heterocycles. The molecule has 1 aromatic rings. The molecule has 0 saturated carbocycles. The van der Waals surface area contributed by atoms with Gasteiger partial charge in [-0.05, 0) is 22.4 Å². The third-order valence-corrected chi connectivity index (χ3v) is 3.38. The van der Waals surface area contributed by atoms with Gasteiger partial charge >= 0.3 is 0 Å². The lowest BCUT2D eigenvalue weighted by Gasteiger charge is -2.21. The number of aliphatic hydroxyl groups is 1. The molecule has 0 saturated heterocycles. The van der Waals surface area contributed by atoms with Gasteiger partial charge in [0.05, 0.1) is 18.4 Å². The van der Waals surface area contributed by atoms with Crippen molar-refractivity contribution in [2.75, 3.05) is 13.7 Å². The van der Waals surface area contributed by atoms with Gasteiger partial charge in [-0.25, -0.2) is 4.98 Å². The monoisotopic (exact) mass is 274 g/mol. The van der Waals surface area contributed by atoms with E-state index in [4.69, 9.17) is 4.74 Å². The van der Waals surface area contributed by atoms with Crippen LogP contribution < -0.4 is 0 Å². The molecule has 1 aliphatic heterocycles. The minimum atomic E-state index is -0.222. The Morgan fingerprint density at radius 3 is 3.20 bits per heavy atom.